The molecule has 3 aromatic rings. The third kappa shape index (κ3) is 2.72. The molecule has 3 N–H and O–H groups in total. The second-order valence-electron chi connectivity index (χ2n) is 4.58. The summed E-state index contributed by atoms with van der Waals surface area (Å²) in [7, 11) is 0. The van der Waals surface area contributed by atoms with Crippen molar-refractivity contribution in [2.75, 3.05) is 5.43 Å². The number of fused-ring (bicyclic) bond motifs is 1. The highest BCUT2D eigenvalue weighted by Gasteiger charge is 2.12. The average molecular weight is 344 g/mol. The van der Waals surface area contributed by atoms with E-state index < -0.39 is 0 Å². The molecule has 0 fully saturated rings. The molecular formula is C15H14BrN5. The van der Waals surface area contributed by atoms with E-state index in [9.17, 15) is 0 Å². The van der Waals surface area contributed by atoms with E-state index in [1.54, 1.807) is 0 Å². The zero-order valence-corrected chi connectivity index (χ0v) is 13.1. The number of para-hydroxylation sites is 1. The molecule has 0 unspecified atom stereocenters. The minimum Gasteiger partial charge on any atom is -0.308 e. The van der Waals surface area contributed by atoms with Crippen LogP contribution in [-0.2, 0) is 6.42 Å². The first-order valence-corrected chi connectivity index (χ1v) is 7.41. The van der Waals surface area contributed by atoms with Gasteiger partial charge in [0.05, 0.1) is 5.52 Å². The Bertz CT molecular complexity index is 781. The second-order valence-corrected chi connectivity index (χ2v) is 5.43. The number of aryl methyl sites for hydroxylation is 1. The molecule has 2 aromatic heterocycles. The van der Waals surface area contributed by atoms with Crippen LogP contribution in [0.2, 0.25) is 0 Å². The van der Waals surface area contributed by atoms with Gasteiger partial charge in [-0.1, -0.05) is 25.1 Å². The summed E-state index contributed by atoms with van der Waals surface area (Å²) in [5.74, 6) is 6.61. The molecule has 0 atom stereocenters. The van der Waals surface area contributed by atoms with Crippen LogP contribution in [0.1, 0.15) is 12.6 Å². The number of nitrogens with two attached hydrogens (primary N) is 1. The van der Waals surface area contributed by atoms with E-state index in [4.69, 9.17) is 5.84 Å². The largest absolute Gasteiger partial charge is 0.308 e. The third-order valence-electron chi connectivity index (χ3n) is 3.18. The van der Waals surface area contributed by atoms with Crippen LogP contribution in [0.4, 0.5) is 5.82 Å². The summed E-state index contributed by atoms with van der Waals surface area (Å²) in [5.41, 5.74) is 5.10. The van der Waals surface area contributed by atoms with Gasteiger partial charge in [-0.25, -0.2) is 20.8 Å². The van der Waals surface area contributed by atoms with Gasteiger partial charge >= 0.3 is 0 Å². The molecule has 1 aromatic carbocycles. The highest BCUT2D eigenvalue weighted by Crippen LogP contribution is 2.28. The molecule has 21 heavy (non-hydrogen) atoms. The smallest absolute Gasteiger partial charge is 0.181 e. The lowest BCUT2D eigenvalue weighted by Crippen LogP contribution is -2.10. The monoisotopic (exact) mass is 343 g/mol. The summed E-state index contributed by atoms with van der Waals surface area (Å²) in [4.78, 5) is 13.6. The Kier molecular flexibility index (Phi) is 3.81. The van der Waals surface area contributed by atoms with Gasteiger partial charge in [-0.05, 0) is 34.5 Å². The van der Waals surface area contributed by atoms with Crippen LogP contribution in [0.15, 0.2) is 40.9 Å². The Morgan fingerprint density at radius 1 is 1.14 bits per heavy atom. The van der Waals surface area contributed by atoms with Gasteiger partial charge in [0.1, 0.15) is 11.5 Å². The lowest BCUT2D eigenvalue weighted by Gasteiger charge is -2.08. The van der Waals surface area contributed by atoms with E-state index in [-0.39, 0.29) is 0 Å². The van der Waals surface area contributed by atoms with E-state index in [0.29, 0.717) is 17.3 Å². The standard InChI is InChI=1S/C15H14BrN5/c1-2-10-8-13(21-17)20-15(18-10)14-11(16)7-9-5-3-4-6-12(9)19-14/h3-8H,2,17H2,1H3,(H,18,20,21). The van der Waals surface area contributed by atoms with Gasteiger partial charge < -0.3 is 5.43 Å². The summed E-state index contributed by atoms with van der Waals surface area (Å²) in [5, 5.41) is 1.07. The molecule has 6 heteroatoms. The number of rotatable bonds is 3. The van der Waals surface area contributed by atoms with E-state index in [0.717, 1.165) is 27.5 Å². The maximum atomic E-state index is 5.48. The number of hydrogen-bond acceptors (Lipinski definition) is 5. The van der Waals surface area contributed by atoms with E-state index in [1.807, 2.05) is 43.3 Å². The van der Waals surface area contributed by atoms with Crippen LogP contribution in [0.3, 0.4) is 0 Å². The normalized spacial score (nSPS) is 10.8. The Hall–Kier alpha value is -2.05. The van der Waals surface area contributed by atoms with Crippen LogP contribution in [-0.4, -0.2) is 15.0 Å². The fraction of sp³-hybridized carbons (Fsp3) is 0.133. The molecule has 0 amide bonds. The van der Waals surface area contributed by atoms with E-state index in [1.165, 1.54) is 0 Å². The number of halogens is 1. The average Bonchev–Trinajstić information content (AvgIpc) is 2.53. The van der Waals surface area contributed by atoms with Gasteiger partial charge in [0.25, 0.3) is 0 Å². The predicted molar refractivity (Wildman–Crippen MR) is 87.7 cm³/mol. The van der Waals surface area contributed by atoms with Crippen LogP contribution in [0.5, 0.6) is 0 Å². The van der Waals surface area contributed by atoms with Crippen LogP contribution >= 0.6 is 15.9 Å². The number of anilines is 1. The van der Waals surface area contributed by atoms with Crippen molar-refractivity contribution in [2.45, 2.75) is 13.3 Å². The molecule has 3 rings (SSSR count). The van der Waals surface area contributed by atoms with Crippen LogP contribution < -0.4 is 11.3 Å². The zero-order chi connectivity index (χ0) is 14.8. The SMILES string of the molecule is CCc1cc(NN)nc(-c2nc3ccccc3cc2Br)n1. The fourth-order valence-corrected chi connectivity index (χ4v) is 2.62. The molecule has 0 bridgehead atoms. The first-order valence-electron chi connectivity index (χ1n) is 6.61. The number of aromatic nitrogens is 3. The molecule has 106 valence electrons. The van der Waals surface area contributed by atoms with Crippen LogP contribution in [0, 0.1) is 0 Å². The van der Waals surface area contributed by atoms with Gasteiger partial charge in [-0.15, -0.1) is 0 Å². The maximum Gasteiger partial charge on any atom is 0.181 e. The van der Waals surface area contributed by atoms with Crippen molar-refractivity contribution in [1.29, 1.82) is 0 Å². The van der Waals surface area contributed by atoms with Crippen molar-refractivity contribution in [3.63, 3.8) is 0 Å². The van der Waals surface area contributed by atoms with E-state index in [2.05, 4.69) is 36.3 Å². The molecule has 0 aliphatic rings. The predicted octanol–water partition coefficient (Wildman–Crippen LogP) is 3.30. The summed E-state index contributed by atoms with van der Waals surface area (Å²) in [6, 6.07) is 11.8. The molecule has 5 nitrogen and oxygen atoms in total. The Balaban J connectivity index is 2.21. The molecule has 0 saturated heterocycles. The zero-order valence-electron chi connectivity index (χ0n) is 11.5. The summed E-state index contributed by atoms with van der Waals surface area (Å²) < 4.78 is 0.859. The Morgan fingerprint density at radius 3 is 2.71 bits per heavy atom. The highest BCUT2D eigenvalue weighted by atomic mass is 79.9. The quantitative estimate of drug-likeness (QED) is 0.563. The van der Waals surface area contributed by atoms with Crippen molar-refractivity contribution in [1.82, 2.24) is 15.0 Å². The van der Waals surface area contributed by atoms with Crippen molar-refractivity contribution >= 4 is 32.7 Å². The van der Waals surface area contributed by atoms with Gasteiger partial charge in [-0.2, -0.15) is 0 Å². The van der Waals surface area contributed by atoms with Gasteiger partial charge in [0.15, 0.2) is 5.82 Å². The number of nitrogens with zero attached hydrogens (tertiary/aromatic N) is 3. The summed E-state index contributed by atoms with van der Waals surface area (Å²) >= 11 is 3.55. The number of nitrogens with one attached hydrogen (secondary N) is 1. The number of benzene rings is 1. The summed E-state index contributed by atoms with van der Waals surface area (Å²) in [6.45, 7) is 2.04. The van der Waals surface area contributed by atoms with Crippen molar-refractivity contribution in [3.05, 3.63) is 46.6 Å². The molecular weight excluding hydrogens is 330 g/mol. The first kappa shape index (κ1) is 13.9. The molecule has 0 spiro atoms. The Labute approximate surface area is 130 Å². The van der Waals surface area contributed by atoms with E-state index >= 15 is 0 Å². The lowest BCUT2D eigenvalue weighted by atomic mass is 10.2. The van der Waals surface area contributed by atoms with Gasteiger partial charge in [0.2, 0.25) is 0 Å². The van der Waals surface area contributed by atoms with Gasteiger partial charge in [0, 0.05) is 21.6 Å². The molecule has 0 aliphatic carbocycles. The molecule has 0 radical (unpaired) electrons. The summed E-state index contributed by atoms with van der Waals surface area (Å²) in [6.07, 6.45) is 0.801. The number of hydrogen-bond donors (Lipinski definition) is 2. The molecule has 0 aliphatic heterocycles. The fourth-order valence-electron chi connectivity index (χ4n) is 2.11. The third-order valence-corrected chi connectivity index (χ3v) is 3.78. The van der Waals surface area contributed by atoms with Crippen molar-refractivity contribution in [3.8, 4) is 11.5 Å². The molecule has 0 saturated carbocycles. The number of hydrazine groups is 1. The van der Waals surface area contributed by atoms with Crippen LogP contribution in [0.25, 0.3) is 22.4 Å². The second kappa shape index (κ2) is 5.75. The minimum atomic E-state index is 0.555. The number of nitrogen functional groups attached to an aromatic ring is 1. The van der Waals surface area contributed by atoms with Crippen molar-refractivity contribution in [2.24, 2.45) is 5.84 Å². The van der Waals surface area contributed by atoms with Gasteiger partial charge in [-0.3, -0.25) is 0 Å². The lowest BCUT2D eigenvalue weighted by molar-refractivity contribution is 0.995. The Morgan fingerprint density at radius 2 is 1.95 bits per heavy atom. The number of pyridine rings is 1. The maximum absolute atomic E-state index is 5.48. The minimum absolute atomic E-state index is 0.555. The molecule has 2 heterocycles. The topological polar surface area (TPSA) is 76.7 Å². The van der Waals surface area contributed by atoms with Crippen molar-refractivity contribution < 1.29 is 0 Å². The first-order chi connectivity index (χ1) is 10.2. The highest BCUT2D eigenvalue weighted by molar-refractivity contribution is 9.10.